The van der Waals surface area contributed by atoms with Gasteiger partial charge in [0, 0.05) is 24.2 Å². The fourth-order valence-electron chi connectivity index (χ4n) is 1.97. The number of aromatic nitrogens is 3. The highest BCUT2D eigenvalue weighted by molar-refractivity contribution is 5.42. The van der Waals surface area contributed by atoms with Crippen LogP contribution < -0.4 is 5.73 Å². The van der Waals surface area contributed by atoms with E-state index in [4.69, 9.17) is 5.73 Å². The molecule has 0 spiro atoms. The molecule has 3 N–H and O–H groups in total. The molecule has 3 rings (SSSR count). The summed E-state index contributed by atoms with van der Waals surface area (Å²) >= 11 is 0. The van der Waals surface area contributed by atoms with Crippen molar-refractivity contribution >= 4 is 5.65 Å². The van der Waals surface area contributed by atoms with Gasteiger partial charge in [0.05, 0.1) is 11.9 Å². The summed E-state index contributed by atoms with van der Waals surface area (Å²) in [6, 6.07) is 2.14. The Balaban J connectivity index is 2.00. The summed E-state index contributed by atoms with van der Waals surface area (Å²) in [4.78, 5) is 4.40. The van der Waals surface area contributed by atoms with Gasteiger partial charge in [-0.05, 0) is 12.8 Å². The van der Waals surface area contributed by atoms with Gasteiger partial charge in [-0.15, -0.1) is 0 Å². The summed E-state index contributed by atoms with van der Waals surface area (Å²) in [5, 5.41) is 3.35. The second-order valence-corrected chi connectivity index (χ2v) is 4.00. The second-order valence-electron chi connectivity index (χ2n) is 4.00. The maximum atomic E-state index is 5.52. The Bertz CT molecular complexity index is 418. The molecule has 1 fully saturated rings. The van der Waals surface area contributed by atoms with Crippen LogP contribution in [0.25, 0.3) is 5.65 Å². The number of nitrogens with zero attached hydrogens (tertiary/aromatic N) is 2. The fraction of sp³-hybridized carbons (Fsp3) is 0.500. The van der Waals surface area contributed by atoms with Crippen LogP contribution in [0.4, 0.5) is 0 Å². The van der Waals surface area contributed by atoms with Crippen LogP contribution in [0.2, 0.25) is 0 Å². The number of hydrogen-bond acceptors (Lipinski definition) is 2. The molecule has 1 aliphatic carbocycles. The number of imidazole rings is 1. The smallest absolute Gasteiger partial charge is 0.153 e. The van der Waals surface area contributed by atoms with Crippen molar-refractivity contribution in [3.8, 4) is 0 Å². The van der Waals surface area contributed by atoms with E-state index in [9.17, 15) is 0 Å². The van der Waals surface area contributed by atoms with Crippen LogP contribution in [-0.4, -0.2) is 14.6 Å². The molecule has 1 saturated carbocycles. The van der Waals surface area contributed by atoms with Crippen molar-refractivity contribution < 1.29 is 0 Å². The van der Waals surface area contributed by atoms with E-state index in [1.54, 1.807) is 0 Å². The van der Waals surface area contributed by atoms with E-state index in [0.717, 1.165) is 17.3 Å². The van der Waals surface area contributed by atoms with Crippen molar-refractivity contribution in [3.05, 3.63) is 23.7 Å². The average Bonchev–Trinajstić information content (AvgIpc) is 2.57. The first-order chi connectivity index (χ1) is 6.86. The minimum atomic E-state index is 0.508. The van der Waals surface area contributed by atoms with Crippen LogP contribution in [0.3, 0.4) is 0 Å². The second kappa shape index (κ2) is 2.85. The standard InChI is InChI=1S/C10H14N4/c11-5-8-6-14-10(12-8)4-9(13-14)7-2-1-3-7/h4,6-7,13H,1-3,5,11H2. The predicted molar refractivity (Wildman–Crippen MR) is 54.0 cm³/mol. The van der Waals surface area contributed by atoms with Gasteiger partial charge in [0.2, 0.25) is 0 Å². The minimum Gasteiger partial charge on any atom is -0.325 e. The molecule has 0 aromatic carbocycles. The highest BCUT2D eigenvalue weighted by Crippen LogP contribution is 2.35. The van der Waals surface area contributed by atoms with Crippen molar-refractivity contribution in [1.82, 2.24) is 14.6 Å². The third-order valence-electron chi connectivity index (χ3n) is 3.07. The topological polar surface area (TPSA) is 59.1 Å². The van der Waals surface area contributed by atoms with Crippen LogP contribution in [0.15, 0.2) is 12.3 Å². The molecule has 74 valence electrons. The molecule has 2 aromatic heterocycles. The lowest BCUT2D eigenvalue weighted by molar-refractivity contribution is 0.409. The number of fused-ring (bicyclic) bond motifs is 1. The van der Waals surface area contributed by atoms with Gasteiger partial charge in [-0.25, -0.2) is 9.50 Å². The predicted octanol–water partition coefficient (Wildman–Crippen LogP) is 1.39. The Morgan fingerprint density at radius 2 is 2.43 bits per heavy atom. The summed E-state index contributed by atoms with van der Waals surface area (Å²) in [6.07, 6.45) is 5.96. The molecular weight excluding hydrogens is 176 g/mol. The fourth-order valence-corrected chi connectivity index (χ4v) is 1.97. The van der Waals surface area contributed by atoms with Crippen LogP contribution >= 0.6 is 0 Å². The van der Waals surface area contributed by atoms with E-state index in [1.165, 1.54) is 25.0 Å². The molecule has 0 bridgehead atoms. The average molecular weight is 190 g/mol. The number of rotatable bonds is 2. The van der Waals surface area contributed by atoms with Crippen LogP contribution in [-0.2, 0) is 6.54 Å². The van der Waals surface area contributed by atoms with Gasteiger partial charge in [0.25, 0.3) is 0 Å². The first kappa shape index (κ1) is 8.05. The van der Waals surface area contributed by atoms with Gasteiger partial charge in [-0.1, -0.05) is 6.42 Å². The largest absolute Gasteiger partial charge is 0.325 e. The Morgan fingerprint density at radius 1 is 1.57 bits per heavy atom. The number of H-pyrrole nitrogens is 1. The SMILES string of the molecule is NCc1cn2[nH]c(C3CCC3)cc2n1. The number of nitrogens with one attached hydrogen (secondary N) is 1. The lowest BCUT2D eigenvalue weighted by Gasteiger charge is -2.23. The molecule has 0 saturated heterocycles. The Labute approximate surface area is 82.1 Å². The molecule has 4 heteroatoms. The van der Waals surface area contributed by atoms with E-state index in [0.29, 0.717) is 6.54 Å². The lowest BCUT2D eigenvalue weighted by atomic mass is 9.83. The molecule has 4 nitrogen and oxygen atoms in total. The van der Waals surface area contributed by atoms with Gasteiger partial charge in [0.1, 0.15) is 0 Å². The monoisotopic (exact) mass is 190 g/mol. The van der Waals surface area contributed by atoms with Gasteiger partial charge < -0.3 is 5.73 Å². The van der Waals surface area contributed by atoms with E-state index in [1.807, 2.05) is 10.7 Å². The maximum absolute atomic E-state index is 5.52. The van der Waals surface area contributed by atoms with E-state index in [-0.39, 0.29) is 0 Å². The van der Waals surface area contributed by atoms with Gasteiger partial charge >= 0.3 is 0 Å². The van der Waals surface area contributed by atoms with Crippen LogP contribution in [0, 0.1) is 0 Å². The first-order valence-corrected chi connectivity index (χ1v) is 5.14. The Hall–Kier alpha value is -1.29. The van der Waals surface area contributed by atoms with Crippen molar-refractivity contribution in [1.29, 1.82) is 0 Å². The third kappa shape index (κ3) is 1.07. The quantitative estimate of drug-likeness (QED) is 0.751. The molecule has 14 heavy (non-hydrogen) atoms. The molecular formula is C10H14N4. The van der Waals surface area contributed by atoms with Crippen LogP contribution in [0.1, 0.15) is 36.6 Å². The normalized spacial score (nSPS) is 17.5. The van der Waals surface area contributed by atoms with Crippen molar-refractivity contribution in [2.45, 2.75) is 31.7 Å². The minimum absolute atomic E-state index is 0.508. The zero-order valence-corrected chi connectivity index (χ0v) is 8.03. The molecule has 1 aliphatic rings. The summed E-state index contributed by atoms with van der Waals surface area (Å²) in [6.45, 7) is 0.508. The van der Waals surface area contributed by atoms with Gasteiger partial charge in [-0.3, -0.25) is 5.10 Å². The summed E-state index contributed by atoms with van der Waals surface area (Å²) < 4.78 is 1.97. The third-order valence-corrected chi connectivity index (χ3v) is 3.07. The number of nitrogens with two attached hydrogens (primary N) is 1. The maximum Gasteiger partial charge on any atom is 0.153 e. The van der Waals surface area contributed by atoms with Crippen molar-refractivity contribution in [2.24, 2.45) is 5.73 Å². The summed E-state index contributed by atoms with van der Waals surface area (Å²) in [7, 11) is 0. The van der Waals surface area contributed by atoms with Gasteiger partial charge in [-0.2, -0.15) is 0 Å². The molecule has 2 aromatic rings. The summed E-state index contributed by atoms with van der Waals surface area (Å²) in [5.74, 6) is 0.734. The molecule has 0 radical (unpaired) electrons. The molecule has 0 aliphatic heterocycles. The Morgan fingerprint density at radius 3 is 3.00 bits per heavy atom. The number of hydrogen-bond donors (Lipinski definition) is 2. The van der Waals surface area contributed by atoms with Crippen LogP contribution in [0.5, 0.6) is 0 Å². The summed E-state index contributed by atoms with van der Waals surface area (Å²) in [5.41, 5.74) is 8.77. The molecule has 0 atom stereocenters. The van der Waals surface area contributed by atoms with Crippen molar-refractivity contribution in [2.75, 3.05) is 0 Å². The number of aromatic amines is 1. The van der Waals surface area contributed by atoms with Gasteiger partial charge in [0.15, 0.2) is 5.65 Å². The van der Waals surface area contributed by atoms with E-state index in [2.05, 4.69) is 16.1 Å². The first-order valence-electron chi connectivity index (χ1n) is 5.14. The van der Waals surface area contributed by atoms with E-state index < -0.39 is 0 Å². The Kier molecular flexibility index (Phi) is 1.64. The highest BCUT2D eigenvalue weighted by Gasteiger charge is 2.21. The van der Waals surface area contributed by atoms with Crippen molar-refractivity contribution in [3.63, 3.8) is 0 Å². The lowest BCUT2D eigenvalue weighted by Crippen LogP contribution is -2.09. The molecule has 0 amide bonds. The molecule has 0 unspecified atom stereocenters. The molecule has 2 heterocycles. The zero-order chi connectivity index (χ0) is 9.54. The zero-order valence-electron chi connectivity index (χ0n) is 8.03. The highest BCUT2D eigenvalue weighted by atomic mass is 15.3. The van der Waals surface area contributed by atoms with E-state index >= 15 is 0 Å².